The van der Waals surface area contributed by atoms with Gasteiger partial charge in [-0.05, 0) is 0 Å². The summed E-state index contributed by atoms with van der Waals surface area (Å²) >= 11 is 0. The minimum absolute atomic E-state index is 0.113. The molecule has 96 valence electrons. The molecule has 0 radical (unpaired) electrons. The minimum atomic E-state index is -0.690. The fraction of sp³-hybridized carbons (Fsp3) is 0.600. The van der Waals surface area contributed by atoms with Gasteiger partial charge in [0.15, 0.2) is 0 Å². The van der Waals surface area contributed by atoms with E-state index in [2.05, 4.69) is 10.6 Å². The van der Waals surface area contributed by atoms with Gasteiger partial charge in [0, 0.05) is 13.1 Å². The molecule has 3 rings (SSSR count). The first-order chi connectivity index (χ1) is 8.56. The zero-order valence-corrected chi connectivity index (χ0v) is 9.51. The number of amides is 4. The van der Waals surface area contributed by atoms with Crippen LogP contribution < -0.4 is 10.6 Å². The number of fused-ring (bicyclic) bond motifs is 3. The van der Waals surface area contributed by atoms with Crippen molar-refractivity contribution in [2.75, 3.05) is 26.2 Å². The van der Waals surface area contributed by atoms with Crippen LogP contribution in [0.5, 0.6) is 0 Å². The van der Waals surface area contributed by atoms with Gasteiger partial charge in [-0.1, -0.05) is 0 Å². The third kappa shape index (κ3) is 1.61. The zero-order chi connectivity index (χ0) is 12.9. The predicted octanol–water partition coefficient (Wildman–Crippen LogP) is -3.35. The van der Waals surface area contributed by atoms with E-state index in [0.29, 0.717) is 13.1 Å². The molecule has 3 aliphatic rings. The van der Waals surface area contributed by atoms with E-state index in [4.69, 9.17) is 0 Å². The molecular weight excluding hydrogens is 240 g/mol. The van der Waals surface area contributed by atoms with Gasteiger partial charge in [0.25, 0.3) is 0 Å². The highest BCUT2D eigenvalue weighted by molar-refractivity contribution is 6.07. The Morgan fingerprint density at radius 2 is 1.17 bits per heavy atom. The molecule has 18 heavy (non-hydrogen) atoms. The molecule has 0 spiro atoms. The Morgan fingerprint density at radius 1 is 0.778 bits per heavy atom. The molecule has 0 saturated carbocycles. The first-order valence-electron chi connectivity index (χ1n) is 5.72. The van der Waals surface area contributed by atoms with Crippen LogP contribution in [0.1, 0.15) is 0 Å². The van der Waals surface area contributed by atoms with Crippen LogP contribution in [0.25, 0.3) is 0 Å². The second-order valence-corrected chi connectivity index (χ2v) is 4.66. The van der Waals surface area contributed by atoms with Crippen molar-refractivity contribution in [3.05, 3.63) is 0 Å². The van der Waals surface area contributed by atoms with Gasteiger partial charge in [-0.2, -0.15) is 0 Å². The molecule has 0 aliphatic carbocycles. The summed E-state index contributed by atoms with van der Waals surface area (Å²) in [4.78, 5) is 49.7. The van der Waals surface area contributed by atoms with E-state index in [1.807, 2.05) is 0 Å². The average molecular weight is 252 g/mol. The number of carbonyl (C=O) groups is 4. The van der Waals surface area contributed by atoms with Crippen LogP contribution in [0.3, 0.4) is 0 Å². The highest BCUT2D eigenvalue weighted by Gasteiger charge is 2.50. The number of carbonyl (C=O) groups excluding carboxylic acids is 4. The molecule has 8 heteroatoms. The first-order valence-corrected chi connectivity index (χ1v) is 5.72. The van der Waals surface area contributed by atoms with Crippen LogP contribution >= 0.6 is 0 Å². The lowest BCUT2D eigenvalue weighted by molar-refractivity contribution is -0.157. The van der Waals surface area contributed by atoms with Crippen molar-refractivity contribution in [3.8, 4) is 0 Å². The van der Waals surface area contributed by atoms with Crippen molar-refractivity contribution in [2.24, 2.45) is 0 Å². The molecule has 3 heterocycles. The monoisotopic (exact) mass is 252 g/mol. The molecule has 0 bridgehead atoms. The van der Waals surface area contributed by atoms with Gasteiger partial charge in [0.05, 0.1) is 13.1 Å². The molecule has 8 nitrogen and oxygen atoms in total. The van der Waals surface area contributed by atoms with Crippen LogP contribution in [0.4, 0.5) is 0 Å². The highest BCUT2D eigenvalue weighted by atomic mass is 16.2. The lowest BCUT2D eigenvalue weighted by atomic mass is 9.96. The highest BCUT2D eigenvalue weighted by Crippen LogP contribution is 2.21. The summed E-state index contributed by atoms with van der Waals surface area (Å²) in [6.45, 7) is 1.23. The number of nitrogens with one attached hydrogen (secondary N) is 2. The van der Waals surface area contributed by atoms with Crippen molar-refractivity contribution in [2.45, 2.75) is 12.1 Å². The Kier molecular flexibility index (Phi) is 2.42. The number of imide groups is 2. The summed E-state index contributed by atoms with van der Waals surface area (Å²) in [5, 5.41) is 4.46. The summed E-state index contributed by atoms with van der Waals surface area (Å²) in [6, 6.07) is -1.38. The van der Waals surface area contributed by atoms with E-state index in [1.165, 1.54) is 0 Å². The van der Waals surface area contributed by atoms with Crippen molar-refractivity contribution in [1.82, 2.24) is 20.4 Å². The van der Waals surface area contributed by atoms with Crippen LogP contribution in [-0.4, -0.2) is 71.7 Å². The van der Waals surface area contributed by atoms with E-state index in [9.17, 15) is 19.2 Å². The smallest absolute Gasteiger partial charge is 0.246 e. The summed E-state index contributed by atoms with van der Waals surface area (Å²) < 4.78 is 0. The lowest BCUT2D eigenvalue weighted by Crippen LogP contribution is -2.75. The van der Waals surface area contributed by atoms with Gasteiger partial charge in [-0.25, -0.2) is 0 Å². The molecule has 3 saturated heterocycles. The number of hydrogen-bond donors (Lipinski definition) is 2. The number of piperazine rings is 3. The quantitative estimate of drug-likeness (QED) is 0.437. The summed E-state index contributed by atoms with van der Waals surface area (Å²) in [6.07, 6.45) is 0. The van der Waals surface area contributed by atoms with Gasteiger partial charge in [0.1, 0.15) is 12.1 Å². The van der Waals surface area contributed by atoms with E-state index >= 15 is 0 Å². The SMILES string of the molecule is O=C1CN2CCN3CC(=O)NC(=O)[C@@H]3C2C(=O)N1. The number of nitrogens with zero attached hydrogens (tertiary/aromatic N) is 2. The van der Waals surface area contributed by atoms with E-state index in [-0.39, 0.29) is 24.9 Å². The van der Waals surface area contributed by atoms with Crippen LogP contribution in [0.15, 0.2) is 0 Å². The third-order valence-corrected chi connectivity index (χ3v) is 3.52. The van der Waals surface area contributed by atoms with Gasteiger partial charge in [-0.15, -0.1) is 0 Å². The van der Waals surface area contributed by atoms with Crippen molar-refractivity contribution >= 4 is 23.6 Å². The fourth-order valence-corrected chi connectivity index (χ4v) is 2.78. The largest absolute Gasteiger partial charge is 0.294 e. The van der Waals surface area contributed by atoms with Gasteiger partial charge in [0.2, 0.25) is 23.6 Å². The molecular formula is C10H12N4O4. The molecule has 0 aromatic rings. The summed E-state index contributed by atoms with van der Waals surface area (Å²) in [5.41, 5.74) is 0. The molecule has 0 aromatic heterocycles. The fourth-order valence-electron chi connectivity index (χ4n) is 2.78. The maximum absolute atomic E-state index is 11.9. The standard InChI is InChI=1S/C10H12N4O4/c15-5-3-13-1-2-14-4-6(16)12-10(18)8(14)7(13)9(17)11-5/h7-8H,1-4H2,(H,11,15,17)(H,12,16,18)/t7-,8?/m0/s1. The molecule has 3 fully saturated rings. The van der Waals surface area contributed by atoms with Crippen LogP contribution in [0, 0.1) is 0 Å². The molecule has 0 aromatic carbocycles. The van der Waals surface area contributed by atoms with Crippen LogP contribution in [0.2, 0.25) is 0 Å². The van der Waals surface area contributed by atoms with Crippen LogP contribution in [-0.2, 0) is 19.2 Å². The molecule has 3 aliphatic heterocycles. The molecule has 1 unspecified atom stereocenters. The van der Waals surface area contributed by atoms with Gasteiger partial charge >= 0.3 is 0 Å². The topological polar surface area (TPSA) is 98.8 Å². The van der Waals surface area contributed by atoms with Crippen molar-refractivity contribution in [1.29, 1.82) is 0 Å². The Labute approximate surface area is 102 Å². The molecule has 4 amide bonds. The van der Waals surface area contributed by atoms with E-state index < -0.39 is 23.9 Å². The van der Waals surface area contributed by atoms with Gasteiger partial charge < -0.3 is 0 Å². The lowest BCUT2D eigenvalue weighted by Gasteiger charge is -2.48. The number of hydrogen-bond acceptors (Lipinski definition) is 6. The third-order valence-electron chi connectivity index (χ3n) is 3.52. The maximum atomic E-state index is 11.9. The summed E-state index contributed by atoms with van der Waals surface area (Å²) in [7, 11) is 0. The minimum Gasteiger partial charge on any atom is -0.294 e. The summed E-state index contributed by atoms with van der Waals surface area (Å²) in [5.74, 6) is -1.63. The normalized spacial score (nSPS) is 33.6. The van der Waals surface area contributed by atoms with E-state index in [1.54, 1.807) is 9.80 Å². The Hall–Kier alpha value is -1.80. The Bertz CT molecular complexity index is 421. The van der Waals surface area contributed by atoms with Crippen molar-refractivity contribution in [3.63, 3.8) is 0 Å². The zero-order valence-electron chi connectivity index (χ0n) is 9.51. The number of rotatable bonds is 0. The van der Waals surface area contributed by atoms with Gasteiger partial charge in [-0.3, -0.25) is 39.6 Å². The van der Waals surface area contributed by atoms with E-state index in [0.717, 1.165) is 0 Å². The maximum Gasteiger partial charge on any atom is 0.246 e. The predicted molar refractivity (Wildman–Crippen MR) is 57.0 cm³/mol. The Balaban J connectivity index is 1.91. The first kappa shape index (κ1) is 11.3. The Morgan fingerprint density at radius 3 is 1.56 bits per heavy atom. The molecule has 2 atom stereocenters. The molecule has 2 N–H and O–H groups in total. The van der Waals surface area contributed by atoms with Crippen molar-refractivity contribution < 1.29 is 19.2 Å². The average Bonchev–Trinajstić information content (AvgIpc) is 2.28. The second-order valence-electron chi connectivity index (χ2n) is 4.66. The second kappa shape index (κ2) is 3.85.